The molecule has 6 aromatic carbocycles. The van der Waals surface area contributed by atoms with Gasteiger partial charge in [-0.3, -0.25) is 28.8 Å². The number of benzene rings is 6. The minimum absolute atomic E-state index is 0. The molecule has 428 valence electrons. The van der Waals surface area contributed by atoms with Crippen LogP contribution >= 0.6 is 0 Å². The van der Waals surface area contributed by atoms with Crippen molar-refractivity contribution in [2.75, 3.05) is 10.2 Å². The second-order valence-corrected chi connectivity index (χ2v) is 21.0. The third-order valence-electron chi connectivity index (χ3n) is 14.0. The summed E-state index contributed by atoms with van der Waals surface area (Å²) in [5.74, 6) is -2.24. The van der Waals surface area contributed by atoms with Crippen LogP contribution in [0.25, 0.3) is 0 Å². The molecule has 0 aromatic heterocycles. The Morgan fingerprint density at radius 2 is 1.02 bits per heavy atom. The molecule has 6 atom stereocenters. The Labute approximate surface area is 485 Å². The number of para-hydroxylation sites is 3. The molecule has 0 radical (unpaired) electrons. The van der Waals surface area contributed by atoms with Gasteiger partial charge < -0.3 is 25.6 Å². The van der Waals surface area contributed by atoms with Crippen molar-refractivity contribution in [3.63, 3.8) is 0 Å². The molecule has 82 heavy (non-hydrogen) atoms. The first-order valence-corrected chi connectivity index (χ1v) is 27.3. The lowest BCUT2D eigenvalue weighted by Crippen LogP contribution is -2.50. The number of hydrogen-bond donors (Lipinski definition) is 3. The van der Waals surface area contributed by atoms with Crippen LogP contribution < -0.4 is 25.6 Å². The van der Waals surface area contributed by atoms with Gasteiger partial charge in [-0.05, 0) is 93.3 Å². The molecule has 0 spiro atoms. The number of carbonyl (C=O) groups is 6. The maximum atomic E-state index is 14.6. The lowest BCUT2D eigenvalue weighted by molar-refractivity contribution is -0.135. The number of rotatable bonds is 22. The molecular weight excluding hydrogens is 1020 g/mol. The van der Waals surface area contributed by atoms with Crippen LogP contribution in [0.5, 0.6) is 11.5 Å². The second-order valence-electron chi connectivity index (χ2n) is 21.0. The molecule has 3 N–H and O–H groups in total. The molecule has 2 heterocycles. The number of allylic oxidation sites excluding steroid dienone is 2. The van der Waals surface area contributed by atoms with Gasteiger partial charge in [-0.25, -0.2) is 9.98 Å². The van der Waals surface area contributed by atoms with E-state index in [0.29, 0.717) is 60.0 Å². The van der Waals surface area contributed by atoms with E-state index in [9.17, 15) is 28.8 Å². The van der Waals surface area contributed by atoms with Crippen LogP contribution in [0.3, 0.4) is 0 Å². The highest BCUT2D eigenvalue weighted by atomic mass is 16.5. The topological polar surface area (TPSA) is 176 Å². The summed E-state index contributed by atoms with van der Waals surface area (Å²) in [6.07, 6.45) is 2.77. The summed E-state index contributed by atoms with van der Waals surface area (Å²) in [6, 6.07) is 51.4. The largest absolute Gasteiger partial charge is 0.457 e. The monoisotopic (exact) mass is 1100 g/mol. The maximum absolute atomic E-state index is 14.6. The zero-order chi connectivity index (χ0) is 57.3. The highest BCUT2D eigenvalue weighted by Crippen LogP contribution is 2.33. The SMILES string of the molecule is C.C.C=CC[C@H](C(C)=O)[C@@H](CC(C)C)C(=O)NC1N=C(c2ccccc2)c2ccccc2N(Cc2cccc(Oc3ccccc3)c2)C1=O.C=CC[C@H](C(C)=O)[C@@H](CC(C)C)C(=O)NC1N=C(c2ccccc2)c2ccccc2NC1=O. The summed E-state index contributed by atoms with van der Waals surface area (Å²) >= 11 is 0. The maximum Gasteiger partial charge on any atom is 0.272 e. The van der Waals surface area contributed by atoms with Gasteiger partial charge in [-0.15, -0.1) is 13.2 Å². The molecule has 2 aliphatic heterocycles. The van der Waals surface area contributed by atoms with E-state index in [0.717, 1.165) is 27.8 Å². The first kappa shape index (κ1) is 64.0. The van der Waals surface area contributed by atoms with Crippen LogP contribution in [0.1, 0.15) is 110 Å². The normalized spacial score (nSPS) is 15.8. The smallest absolute Gasteiger partial charge is 0.272 e. The van der Waals surface area contributed by atoms with Gasteiger partial charge in [-0.2, -0.15) is 0 Å². The molecule has 2 unspecified atom stereocenters. The fourth-order valence-corrected chi connectivity index (χ4v) is 10.2. The van der Waals surface area contributed by atoms with Crippen molar-refractivity contribution in [3.8, 4) is 11.5 Å². The van der Waals surface area contributed by atoms with Gasteiger partial charge in [0.1, 0.15) is 23.1 Å². The summed E-state index contributed by atoms with van der Waals surface area (Å²) in [5.41, 5.74) is 6.57. The number of nitrogens with one attached hydrogen (secondary N) is 3. The number of nitrogens with zero attached hydrogens (tertiary/aromatic N) is 3. The van der Waals surface area contributed by atoms with E-state index in [1.165, 1.54) is 13.8 Å². The van der Waals surface area contributed by atoms with Crippen LogP contribution in [-0.4, -0.2) is 59.0 Å². The minimum Gasteiger partial charge on any atom is -0.457 e. The van der Waals surface area contributed by atoms with Gasteiger partial charge in [0.05, 0.1) is 29.3 Å². The number of carbonyl (C=O) groups excluding carboxylic acids is 6. The molecule has 0 fully saturated rings. The third kappa shape index (κ3) is 16.6. The fraction of sp³-hybridized carbons (Fsp3) is 0.304. The van der Waals surface area contributed by atoms with Crippen molar-refractivity contribution in [3.05, 3.63) is 217 Å². The molecule has 0 aliphatic carbocycles. The number of anilines is 2. The second kappa shape index (κ2) is 30.7. The van der Waals surface area contributed by atoms with Crippen molar-refractivity contribution in [1.82, 2.24) is 10.6 Å². The quantitative estimate of drug-likeness (QED) is 0.0567. The fourth-order valence-electron chi connectivity index (χ4n) is 10.2. The van der Waals surface area contributed by atoms with Gasteiger partial charge in [0.25, 0.3) is 11.8 Å². The number of amides is 4. The average Bonchev–Trinajstić information content (AvgIpc) is 3.96. The standard InChI is InChI=1S/C40H41N3O4.C27H31N3O3.2CH4/c1-5-15-33(28(4)44)35(24-27(2)3)39(45)42-38-40(46)43(26-29-16-14-21-32(25-29)47-31-19-10-7-11-20-31)36-23-13-12-22-34(36)37(41-38)30-17-8-6-9-18-30;1-5-11-20(18(4)31)22(16-17(2)3)26(32)30-25-27(33)28-23-15-10-9-14-21(23)24(29-25)19-12-7-6-8-13-19;;/h5-14,16-23,25,27,33,35,38H,1,15,24,26H2,2-4H3,(H,42,45);5-10,12-15,17,20,22,25H,1,11,16H2,2-4H3,(H,28,33)(H,30,32);2*1H4/t33-,35-,38?;20-,22-,25?;;/m11../s1. The molecule has 8 rings (SSSR count). The highest BCUT2D eigenvalue weighted by molar-refractivity contribution is 6.21. The van der Waals surface area contributed by atoms with Gasteiger partial charge >= 0.3 is 0 Å². The summed E-state index contributed by atoms with van der Waals surface area (Å²) in [6.45, 7) is 18.8. The Bertz CT molecular complexity index is 3230. The number of benzodiazepines with no additional fused rings is 2. The van der Waals surface area contributed by atoms with Gasteiger partial charge in [-0.1, -0.05) is 182 Å². The van der Waals surface area contributed by atoms with E-state index in [-0.39, 0.29) is 62.5 Å². The van der Waals surface area contributed by atoms with Crippen LogP contribution in [0, 0.1) is 35.5 Å². The number of hydrogen-bond acceptors (Lipinski definition) is 9. The predicted molar refractivity (Wildman–Crippen MR) is 331 cm³/mol. The van der Waals surface area contributed by atoms with Crippen molar-refractivity contribution in [2.45, 2.75) is 101 Å². The predicted octanol–water partition coefficient (Wildman–Crippen LogP) is 13.4. The Hall–Kier alpha value is -8.84. The molecular formula is C69H80N6O7. The summed E-state index contributed by atoms with van der Waals surface area (Å²) in [4.78, 5) is 91.4. The molecule has 0 saturated carbocycles. The van der Waals surface area contributed by atoms with Gasteiger partial charge in [0.15, 0.2) is 0 Å². The van der Waals surface area contributed by atoms with Crippen LogP contribution in [0.4, 0.5) is 11.4 Å². The van der Waals surface area contributed by atoms with Crippen molar-refractivity contribution in [1.29, 1.82) is 0 Å². The zero-order valence-electron chi connectivity index (χ0n) is 46.5. The zero-order valence-corrected chi connectivity index (χ0v) is 46.5. The van der Waals surface area contributed by atoms with Gasteiger partial charge in [0.2, 0.25) is 24.1 Å². The number of ether oxygens (including phenoxy) is 1. The molecule has 13 heteroatoms. The highest BCUT2D eigenvalue weighted by Gasteiger charge is 2.38. The Morgan fingerprint density at radius 1 is 0.573 bits per heavy atom. The summed E-state index contributed by atoms with van der Waals surface area (Å²) in [7, 11) is 0. The third-order valence-corrected chi connectivity index (χ3v) is 14.0. The first-order valence-electron chi connectivity index (χ1n) is 27.3. The number of aliphatic imine (C=N–C) groups is 2. The summed E-state index contributed by atoms with van der Waals surface area (Å²) in [5, 5.41) is 8.67. The number of fused-ring (bicyclic) bond motifs is 2. The molecule has 4 amide bonds. The number of ketones is 2. The first-order chi connectivity index (χ1) is 38.6. The van der Waals surface area contributed by atoms with E-state index < -0.39 is 41.9 Å². The van der Waals surface area contributed by atoms with Crippen LogP contribution in [-0.2, 0) is 35.3 Å². The molecule has 13 nitrogen and oxygen atoms in total. The van der Waals surface area contributed by atoms with Crippen LogP contribution in [0.2, 0.25) is 0 Å². The van der Waals surface area contributed by atoms with E-state index in [4.69, 9.17) is 9.73 Å². The van der Waals surface area contributed by atoms with Crippen molar-refractivity contribution >= 4 is 58.0 Å². The Kier molecular flexibility index (Phi) is 23.9. The molecule has 0 saturated heterocycles. The molecule has 0 bridgehead atoms. The molecule has 6 aromatic rings. The van der Waals surface area contributed by atoms with Crippen molar-refractivity contribution in [2.24, 2.45) is 45.5 Å². The van der Waals surface area contributed by atoms with E-state index >= 15 is 0 Å². The average molecular weight is 1110 g/mol. The number of Topliss-reactive ketones (excluding diaryl/α,β-unsaturated/α-hetero) is 2. The lowest BCUT2D eigenvalue weighted by atomic mass is 9.80. The Morgan fingerprint density at radius 3 is 1.55 bits per heavy atom. The molecule has 2 aliphatic rings. The van der Waals surface area contributed by atoms with E-state index in [1.807, 2.05) is 191 Å². The van der Waals surface area contributed by atoms with E-state index in [1.54, 1.807) is 17.1 Å². The summed E-state index contributed by atoms with van der Waals surface area (Å²) < 4.78 is 6.08. The lowest BCUT2D eigenvalue weighted by Gasteiger charge is -2.29. The van der Waals surface area contributed by atoms with Crippen LogP contribution in [0.15, 0.2) is 199 Å². The van der Waals surface area contributed by atoms with Crippen molar-refractivity contribution < 1.29 is 33.5 Å². The Balaban J connectivity index is 0.000000311. The van der Waals surface area contributed by atoms with Gasteiger partial charge in [0, 0.05) is 45.9 Å². The van der Waals surface area contributed by atoms with E-state index in [2.05, 4.69) is 34.1 Å². The minimum atomic E-state index is -1.22.